The maximum atomic E-state index is 3.69. The van der Waals surface area contributed by atoms with E-state index in [1.54, 1.807) is 34.2 Å². The molecule has 118 valence electrons. The number of nitrogens with zero attached hydrogens (tertiary/aromatic N) is 1. The van der Waals surface area contributed by atoms with Crippen molar-refractivity contribution in [2.75, 3.05) is 18.3 Å². The zero-order valence-electron chi connectivity index (χ0n) is 13.7. The Hall–Kier alpha value is -0.930. The summed E-state index contributed by atoms with van der Waals surface area (Å²) in [5.74, 6) is 0. The van der Waals surface area contributed by atoms with E-state index in [4.69, 9.17) is 0 Å². The summed E-state index contributed by atoms with van der Waals surface area (Å²) >= 11 is 1.76. The first-order valence-electron chi connectivity index (χ1n) is 8.64. The normalized spacial score (nSPS) is 27.0. The fraction of sp³-hybridized carbons (Fsp3) is 0.579. The van der Waals surface area contributed by atoms with E-state index in [1.807, 2.05) is 0 Å². The van der Waals surface area contributed by atoms with Crippen LogP contribution in [0.2, 0.25) is 0 Å². The van der Waals surface area contributed by atoms with Crippen molar-refractivity contribution in [2.24, 2.45) is 0 Å². The third-order valence-corrected chi connectivity index (χ3v) is 6.55. The van der Waals surface area contributed by atoms with Gasteiger partial charge in [-0.2, -0.15) is 0 Å². The Balaban J connectivity index is 1.50. The fourth-order valence-electron chi connectivity index (χ4n) is 4.11. The van der Waals surface area contributed by atoms with E-state index in [-0.39, 0.29) is 5.54 Å². The third kappa shape index (κ3) is 2.39. The van der Waals surface area contributed by atoms with Gasteiger partial charge in [-0.1, -0.05) is 12.1 Å². The zero-order valence-corrected chi connectivity index (χ0v) is 14.6. The lowest BCUT2D eigenvalue weighted by molar-refractivity contribution is 0.0719. The first-order valence-corrected chi connectivity index (χ1v) is 9.52. The van der Waals surface area contributed by atoms with E-state index in [9.17, 15) is 0 Å². The maximum Gasteiger partial charge on any atom is 0.0512 e. The SMILES string of the molecule is CN1CCC1(C)/C=C/SNc1c2c(cc3c1CCC3)CCC2. The van der Waals surface area contributed by atoms with Gasteiger partial charge < -0.3 is 4.72 Å². The van der Waals surface area contributed by atoms with Crippen molar-refractivity contribution in [3.8, 4) is 0 Å². The average molecular weight is 314 g/mol. The van der Waals surface area contributed by atoms with Crippen LogP contribution in [0.4, 0.5) is 5.69 Å². The Labute approximate surface area is 138 Å². The lowest BCUT2D eigenvalue weighted by atomic mass is 9.88. The maximum absolute atomic E-state index is 3.69. The zero-order chi connectivity index (χ0) is 15.2. The monoisotopic (exact) mass is 314 g/mol. The lowest BCUT2D eigenvalue weighted by Crippen LogP contribution is -2.53. The van der Waals surface area contributed by atoms with Crippen molar-refractivity contribution in [2.45, 2.75) is 57.4 Å². The van der Waals surface area contributed by atoms with Gasteiger partial charge in [0.2, 0.25) is 0 Å². The molecule has 3 aliphatic rings. The van der Waals surface area contributed by atoms with Crippen LogP contribution >= 0.6 is 11.9 Å². The molecule has 0 bridgehead atoms. The van der Waals surface area contributed by atoms with Crippen LogP contribution in [-0.4, -0.2) is 24.0 Å². The topological polar surface area (TPSA) is 15.3 Å². The second-order valence-electron chi connectivity index (χ2n) is 7.29. The van der Waals surface area contributed by atoms with Gasteiger partial charge in [-0.25, -0.2) is 0 Å². The van der Waals surface area contributed by atoms with Crippen LogP contribution < -0.4 is 4.72 Å². The van der Waals surface area contributed by atoms with Crippen LogP contribution in [0, 0.1) is 0 Å². The van der Waals surface area contributed by atoms with Crippen molar-refractivity contribution in [3.05, 3.63) is 39.8 Å². The quantitative estimate of drug-likeness (QED) is 0.833. The molecule has 1 saturated heterocycles. The standard InChI is InChI=1S/C19H26N2S/c1-19(9-11-21(19)2)10-12-22-20-18-16-7-3-5-14(16)13-15-6-4-8-17(15)18/h10,12-13,20H,3-9,11H2,1-2H3/b12-10+. The molecule has 4 rings (SSSR count). The Morgan fingerprint density at radius 2 is 1.82 bits per heavy atom. The van der Waals surface area contributed by atoms with E-state index >= 15 is 0 Å². The van der Waals surface area contributed by atoms with E-state index in [1.165, 1.54) is 57.2 Å². The summed E-state index contributed by atoms with van der Waals surface area (Å²) in [6, 6.07) is 2.50. The Morgan fingerprint density at radius 3 is 2.36 bits per heavy atom. The number of nitrogens with one attached hydrogen (secondary N) is 1. The molecule has 1 aromatic carbocycles. The Kier molecular flexibility index (Phi) is 3.74. The molecule has 2 aliphatic carbocycles. The first kappa shape index (κ1) is 14.6. The fourth-order valence-corrected chi connectivity index (χ4v) is 4.91. The minimum Gasteiger partial charge on any atom is -0.326 e. The van der Waals surface area contributed by atoms with Gasteiger partial charge in [0.1, 0.15) is 0 Å². The van der Waals surface area contributed by atoms with Gasteiger partial charge in [-0.3, -0.25) is 4.90 Å². The number of likely N-dealkylation sites (N-methyl/N-ethyl adjacent to an activating group) is 1. The first-order chi connectivity index (χ1) is 10.7. The highest BCUT2D eigenvalue weighted by Gasteiger charge is 2.34. The van der Waals surface area contributed by atoms with Crippen molar-refractivity contribution in [1.29, 1.82) is 0 Å². The second kappa shape index (κ2) is 5.61. The number of likely N-dealkylation sites (tertiary alicyclic amines) is 1. The number of fused-ring (bicyclic) bond motifs is 2. The molecule has 1 aromatic rings. The highest BCUT2D eigenvalue weighted by atomic mass is 32.2. The highest BCUT2D eigenvalue weighted by molar-refractivity contribution is 8.03. The molecular weight excluding hydrogens is 288 g/mol. The molecule has 0 spiro atoms. The van der Waals surface area contributed by atoms with Crippen LogP contribution in [0.3, 0.4) is 0 Å². The summed E-state index contributed by atoms with van der Waals surface area (Å²) in [7, 11) is 2.21. The van der Waals surface area contributed by atoms with Crippen LogP contribution in [0.15, 0.2) is 17.6 Å². The highest BCUT2D eigenvalue weighted by Crippen LogP contribution is 2.40. The molecule has 1 aliphatic heterocycles. The van der Waals surface area contributed by atoms with Crippen molar-refractivity contribution in [3.63, 3.8) is 0 Å². The predicted octanol–water partition coefficient (Wildman–Crippen LogP) is 4.33. The number of rotatable bonds is 4. The molecule has 0 amide bonds. The van der Waals surface area contributed by atoms with Gasteiger partial charge in [0.15, 0.2) is 0 Å². The van der Waals surface area contributed by atoms with Crippen LogP contribution in [0.1, 0.15) is 48.4 Å². The molecule has 1 heterocycles. The molecule has 1 fully saturated rings. The third-order valence-electron chi connectivity index (χ3n) is 5.95. The molecule has 1 atom stereocenters. The van der Waals surface area contributed by atoms with Gasteiger partial charge in [0, 0.05) is 12.1 Å². The van der Waals surface area contributed by atoms with Gasteiger partial charge in [-0.05, 0) is 98.5 Å². The molecule has 1 N–H and O–H groups in total. The van der Waals surface area contributed by atoms with E-state index in [2.05, 4.69) is 41.1 Å². The molecule has 0 saturated carbocycles. The molecule has 1 unspecified atom stereocenters. The summed E-state index contributed by atoms with van der Waals surface area (Å²) in [4.78, 5) is 2.42. The summed E-state index contributed by atoms with van der Waals surface area (Å²) < 4.78 is 3.69. The lowest BCUT2D eigenvalue weighted by Gasteiger charge is -2.46. The number of aryl methyl sites for hydroxylation is 2. The number of benzene rings is 1. The van der Waals surface area contributed by atoms with Crippen molar-refractivity contribution < 1.29 is 0 Å². The molecule has 0 aromatic heterocycles. The van der Waals surface area contributed by atoms with Gasteiger partial charge >= 0.3 is 0 Å². The number of hydrogen-bond donors (Lipinski definition) is 1. The largest absolute Gasteiger partial charge is 0.326 e. The molecular formula is C19H26N2S. The van der Waals surface area contributed by atoms with Gasteiger partial charge in [-0.15, -0.1) is 0 Å². The smallest absolute Gasteiger partial charge is 0.0512 e. The van der Waals surface area contributed by atoms with Crippen LogP contribution in [0.5, 0.6) is 0 Å². The molecule has 3 heteroatoms. The average Bonchev–Trinajstić information content (AvgIpc) is 3.17. The van der Waals surface area contributed by atoms with Gasteiger partial charge in [0.05, 0.1) is 5.69 Å². The summed E-state index contributed by atoms with van der Waals surface area (Å²) in [5, 5.41) is 2.26. The second-order valence-corrected chi connectivity index (χ2v) is 8.00. The van der Waals surface area contributed by atoms with Crippen LogP contribution in [-0.2, 0) is 25.7 Å². The van der Waals surface area contributed by atoms with Crippen molar-refractivity contribution >= 4 is 17.6 Å². The summed E-state index contributed by atoms with van der Waals surface area (Å²) in [5.41, 5.74) is 8.16. The summed E-state index contributed by atoms with van der Waals surface area (Å²) in [6.07, 6.45) is 11.4. The minimum atomic E-state index is 0.273. The van der Waals surface area contributed by atoms with Crippen LogP contribution in [0.25, 0.3) is 0 Å². The molecule has 22 heavy (non-hydrogen) atoms. The molecule has 0 radical (unpaired) electrons. The predicted molar refractivity (Wildman–Crippen MR) is 96.5 cm³/mol. The van der Waals surface area contributed by atoms with E-state index in [0.29, 0.717) is 0 Å². The number of hydrogen-bond acceptors (Lipinski definition) is 3. The number of anilines is 1. The van der Waals surface area contributed by atoms with E-state index < -0.39 is 0 Å². The summed E-state index contributed by atoms with van der Waals surface area (Å²) in [6.45, 7) is 3.55. The molecule has 2 nitrogen and oxygen atoms in total. The van der Waals surface area contributed by atoms with E-state index in [0.717, 1.165) is 0 Å². The van der Waals surface area contributed by atoms with Crippen molar-refractivity contribution in [1.82, 2.24) is 4.90 Å². The Bertz CT molecular complexity index is 590. The van der Waals surface area contributed by atoms with Gasteiger partial charge in [0.25, 0.3) is 0 Å². The Morgan fingerprint density at radius 1 is 1.14 bits per heavy atom. The minimum absolute atomic E-state index is 0.273.